The Hall–Kier alpha value is -0.390. The topological polar surface area (TPSA) is 41.1 Å². The summed E-state index contributed by atoms with van der Waals surface area (Å²) in [6.45, 7) is 3.42. The molecule has 1 aromatic heterocycles. The fraction of sp³-hybridized carbons (Fsp3) is 0.667. The average Bonchev–Trinajstić information content (AvgIpc) is 3.11. The highest BCUT2D eigenvalue weighted by atomic mass is 79.9. The maximum Gasteiger partial charge on any atom is 0.148 e. The first-order valence-electron chi connectivity index (χ1n) is 6.38. The number of nitrogens with zero attached hydrogens (tertiary/aromatic N) is 3. The lowest BCUT2D eigenvalue weighted by Gasteiger charge is -2.15. The third-order valence-electron chi connectivity index (χ3n) is 3.69. The molecule has 1 unspecified atom stereocenters. The second-order valence-electron chi connectivity index (χ2n) is 5.09. The van der Waals surface area contributed by atoms with Gasteiger partial charge in [-0.2, -0.15) is 0 Å². The normalized spacial score (nSPS) is 24.4. The van der Waals surface area contributed by atoms with Gasteiger partial charge in [-0.25, -0.2) is 9.97 Å². The molecule has 0 bridgehead atoms. The van der Waals surface area contributed by atoms with Crippen LogP contribution in [0.4, 0.5) is 5.82 Å². The van der Waals surface area contributed by atoms with E-state index in [0.29, 0.717) is 11.1 Å². The Labute approximate surface area is 120 Å². The number of hydrogen-bond donors (Lipinski definition) is 1. The molecule has 2 aliphatic rings. The Morgan fingerprint density at radius 1 is 1.39 bits per heavy atom. The van der Waals surface area contributed by atoms with E-state index in [4.69, 9.17) is 11.6 Å². The van der Waals surface area contributed by atoms with Gasteiger partial charge < -0.3 is 10.2 Å². The van der Waals surface area contributed by atoms with Crippen LogP contribution in [0.5, 0.6) is 0 Å². The molecule has 6 heteroatoms. The van der Waals surface area contributed by atoms with E-state index in [9.17, 15) is 0 Å². The summed E-state index contributed by atoms with van der Waals surface area (Å²) in [6, 6.07) is 0.884. The molecule has 2 heterocycles. The molecule has 4 nitrogen and oxygen atoms in total. The van der Waals surface area contributed by atoms with Crippen LogP contribution in [-0.4, -0.2) is 40.5 Å². The highest BCUT2D eigenvalue weighted by molar-refractivity contribution is 9.10. The SMILES string of the molecule is Clc1ncnc(NCC2CCN(C3CC3)C2)c1Br. The molecule has 0 spiro atoms. The summed E-state index contributed by atoms with van der Waals surface area (Å²) >= 11 is 9.34. The lowest BCUT2D eigenvalue weighted by molar-refractivity contribution is 0.316. The lowest BCUT2D eigenvalue weighted by Crippen LogP contribution is -2.25. The molecule has 0 aromatic carbocycles. The van der Waals surface area contributed by atoms with Gasteiger partial charge in [0, 0.05) is 19.1 Å². The highest BCUT2D eigenvalue weighted by Crippen LogP contribution is 2.32. The van der Waals surface area contributed by atoms with E-state index in [0.717, 1.165) is 22.9 Å². The Bertz CT molecular complexity index is 438. The number of rotatable bonds is 4. The first-order valence-corrected chi connectivity index (χ1v) is 7.55. The number of likely N-dealkylation sites (tertiary alicyclic amines) is 1. The summed E-state index contributed by atoms with van der Waals surface area (Å²) in [5.74, 6) is 1.51. The van der Waals surface area contributed by atoms with Gasteiger partial charge in [0.1, 0.15) is 17.3 Å². The van der Waals surface area contributed by atoms with Gasteiger partial charge in [-0.3, -0.25) is 0 Å². The average molecular weight is 332 g/mol. The molecule has 1 aromatic rings. The molecule has 2 fully saturated rings. The van der Waals surface area contributed by atoms with E-state index < -0.39 is 0 Å². The highest BCUT2D eigenvalue weighted by Gasteiger charge is 2.34. The molecular formula is C12H16BrClN4. The van der Waals surface area contributed by atoms with Crippen molar-refractivity contribution in [3.63, 3.8) is 0 Å². The largest absolute Gasteiger partial charge is 0.369 e. The van der Waals surface area contributed by atoms with Gasteiger partial charge in [0.2, 0.25) is 0 Å². The zero-order valence-electron chi connectivity index (χ0n) is 10.1. The first kappa shape index (κ1) is 12.6. The van der Waals surface area contributed by atoms with Crippen LogP contribution < -0.4 is 5.32 Å². The van der Waals surface area contributed by atoms with Gasteiger partial charge >= 0.3 is 0 Å². The van der Waals surface area contributed by atoms with Crippen LogP contribution in [0.3, 0.4) is 0 Å². The number of aromatic nitrogens is 2. The van der Waals surface area contributed by atoms with Crippen molar-refractivity contribution in [2.24, 2.45) is 5.92 Å². The monoisotopic (exact) mass is 330 g/mol. The Kier molecular flexibility index (Phi) is 3.73. The number of hydrogen-bond acceptors (Lipinski definition) is 4. The van der Waals surface area contributed by atoms with Crippen molar-refractivity contribution < 1.29 is 0 Å². The predicted molar refractivity (Wildman–Crippen MR) is 75.9 cm³/mol. The van der Waals surface area contributed by atoms with Crippen molar-refractivity contribution in [1.29, 1.82) is 0 Å². The molecule has 1 N–H and O–H groups in total. The quantitative estimate of drug-likeness (QED) is 0.861. The standard InChI is InChI=1S/C12H16BrClN4/c13-10-11(14)16-7-17-12(10)15-5-8-3-4-18(6-8)9-1-2-9/h7-9H,1-6H2,(H,15,16,17). The minimum absolute atomic E-state index is 0.457. The van der Waals surface area contributed by atoms with Gasteiger partial charge in [0.05, 0.1) is 4.47 Å². The van der Waals surface area contributed by atoms with Crippen LogP contribution in [0, 0.1) is 5.92 Å². The first-order chi connectivity index (χ1) is 8.74. The molecule has 0 radical (unpaired) electrons. The van der Waals surface area contributed by atoms with Crippen LogP contribution >= 0.6 is 27.5 Å². The zero-order chi connectivity index (χ0) is 12.5. The fourth-order valence-electron chi connectivity index (χ4n) is 2.51. The van der Waals surface area contributed by atoms with Gasteiger partial charge in [-0.05, 0) is 47.7 Å². The zero-order valence-corrected chi connectivity index (χ0v) is 12.4. The Morgan fingerprint density at radius 3 is 3.00 bits per heavy atom. The van der Waals surface area contributed by atoms with Gasteiger partial charge in [-0.15, -0.1) is 0 Å². The van der Waals surface area contributed by atoms with Crippen molar-refractivity contribution in [3.8, 4) is 0 Å². The second-order valence-corrected chi connectivity index (χ2v) is 6.24. The molecular weight excluding hydrogens is 316 g/mol. The van der Waals surface area contributed by atoms with Gasteiger partial charge in [0.15, 0.2) is 0 Å². The van der Waals surface area contributed by atoms with E-state index >= 15 is 0 Å². The van der Waals surface area contributed by atoms with Crippen molar-refractivity contribution in [2.75, 3.05) is 25.0 Å². The van der Waals surface area contributed by atoms with E-state index in [1.165, 1.54) is 38.7 Å². The fourth-order valence-corrected chi connectivity index (χ4v) is 2.99. The summed E-state index contributed by atoms with van der Waals surface area (Å²) in [6.07, 6.45) is 5.56. The molecule has 98 valence electrons. The smallest absolute Gasteiger partial charge is 0.148 e. The minimum Gasteiger partial charge on any atom is -0.369 e. The maximum absolute atomic E-state index is 5.94. The lowest BCUT2D eigenvalue weighted by atomic mass is 10.1. The third kappa shape index (κ3) is 2.78. The minimum atomic E-state index is 0.457. The Morgan fingerprint density at radius 2 is 2.22 bits per heavy atom. The summed E-state index contributed by atoms with van der Waals surface area (Å²) in [7, 11) is 0. The molecule has 1 saturated carbocycles. The predicted octanol–water partition coefficient (Wildman–Crippen LogP) is 2.79. The third-order valence-corrected chi connectivity index (χ3v) is 4.95. The molecule has 18 heavy (non-hydrogen) atoms. The van der Waals surface area contributed by atoms with Crippen LogP contribution in [0.15, 0.2) is 10.8 Å². The van der Waals surface area contributed by atoms with Crippen molar-refractivity contribution >= 4 is 33.3 Å². The van der Waals surface area contributed by atoms with Crippen LogP contribution in [-0.2, 0) is 0 Å². The van der Waals surface area contributed by atoms with E-state index in [1.54, 1.807) is 0 Å². The summed E-state index contributed by atoms with van der Waals surface area (Å²) in [5, 5.41) is 3.82. The summed E-state index contributed by atoms with van der Waals surface area (Å²) < 4.78 is 0.753. The van der Waals surface area contributed by atoms with Crippen LogP contribution in [0.2, 0.25) is 5.15 Å². The van der Waals surface area contributed by atoms with Crippen molar-refractivity contribution in [2.45, 2.75) is 25.3 Å². The molecule has 1 atom stereocenters. The van der Waals surface area contributed by atoms with Crippen molar-refractivity contribution in [1.82, 2.24) is 14.9 Å². The second kappa shape index (κ2) is 5.31. The molecule has 0 amide bonds. The maximum atomic E-state index is 5.94. The van der Waals surface area contributed by atoms with Crippen LogP contribution in [0.1, 0.15) is 19.3 Å². The molecule has 3 rings (SSSR count). The Balaban J connectivity index is 1.53. The van der Waals surface area contributed by atoms with E-state index in [2.05, 4.69) is 36.1 Å². The molecule has 1 aliphatic heterocycles. The van der Waals surface area contributed by atoms with Crippen molar-refractivity contribution in [3.05, 3.63) is 16.0 Å². The summed E-state index contributed by atoms with van der Waals surface area (Å²) in [4.78, 5) is 10.7. The van der Waals surface area contributed by atoms with Crippen LogP contribution in [0.25, 0.3) is 0 Å². The van der Waals surface area contributed by atoms with E-state index in [-0.39, 0.29) is 0 Å². The van der Waals surface area contributed by atoms with E-state index in [1.807, 2.05) is 0 Å². The number of nitrogens with one attached hydrogen (secondary N) is 1. The van der Waals surface area contributed by atoms with Gasteiger partial charge in [0.25, 0.3) is 0 Å². The molecule has 1 saturated heterocycles. The van der Waals surface area contributed by atoms with Gasteiger partial charge in [-0.1, -0.05) is 11.6 Å². The number of anilines is 1. The summed E-state index contributed by atoms with van der Waals surface area (Å²) in [5.41, 5.74) is 0. The number of halogens is 2. The molecule has 1 aliphatic carbocycles.